The van der Waals surface area contributed by atoms with Crippen molar-refractivity contribution in [3.05, 3.63) is 70.8 Å². The molecule has 4 rings (SSSR count). The van der Waals surface area contributed by atoms with Crippen LogP contribution in [0.25, 0.3) is 5.70 Å². The number of nitrogens with one attached hydrogen (secondary N) is 2. The van der Waals surface area contributed by atoms with E-state index in [4.69, 9.17) is 12.2 Å². The van der Waals surface area contributed by atoms with E-state index in [1.54, 1.807) is 24.3 Å². The number of thiocarbonyl (C=S) groups is 1. The molecule has 2 aromatic rings. The minimum absolute atomic E-state index is 0.0314. The molecule has 0 spiro atoms. The molecule has 2 N–H and O–H groups in total. The molecule has 0 bridgehead atoms. The van der Waals surface area contributed by atoms with E-state index in [1.807, 2.05) is 12.1 Å². The van der Waals surface area contributed by atoms with Crippen molar-refractivity contribution >= 4 is 28.8 Å². The number of carbonyl (C=O) groups excluding carboxylic acids is 1. The SMILES string of the molecule is O=C1C2=C(NC(=S)NC2c2cccc(OC(F)F)c2)c2ccccc21. The van der Waals surface area contributed by atoms with Crippen molar-refractivity contribution in [3.8, 4) is 5.75 Å². The second kappa shape index (κ2) is 5.93. The van der Waals surface area contributed by atoms with E-state index >= 15 is 0 Å². The van der Waals surface area contributed by atoms with Crippen molar-refractivity contribution in [1.29, 1.82) is 0 Å². The quantitative estimate of drug-likeness (QED) is 0.824. The van der Waals surface area contributed by atoms with Crippen LogP contribution in [0.15, 0.2) is 54.1 Å². The van der Waals surface area contributed by atoms with Gasteiger partial charge in [0.25, 0.3) is 0 Å². The number of benzene rings is 2. The number of fused-ring (bicyclic) bond motifs is 2. The molecule has 0 saturated carbocycles. The van der Waals surface area contributed by atoms with E-state index in [0.29, 0.717) is 27.5 Å². The molecular weight excluding hydrogens is 346 g/mol. The number of Topliss-reactive ketones (excluding diaryl/α,β-unsaturated/α-hetero) is 1. The number of ether oxygens (including phenoxy) is 1. The Kier molecular flexibility index (Phi) is 3.73. The van der Waals surface area contributed by atoms with Gasteiger partial charge >= 0.3 is 6.61 Å². The number of carbonyl (C=O) groups is 1. The second-order valence-corrected chi connectivity index (χ2v) is 6.05. The summed E-state index contributed by atoms with van der Waals surface area (Å²) in [5, 5.41) is 6.46. The first-order valence-corrected chi connectivity index (χ1v) is 7.96. The Hall–Kier alpha value is -2.80. The maximum Gasteiger partial charge on any atom is 0.387 e. The van der Waals surface area contributed by atoms with Crippen LogP contribution in [0.2, 0.25) is 0 Å². The van der Waals surface area contributed by atoms with Gasteiger partial charge in [0.1, 0.15) is 5.75 Å². The van der Waals surface area contributed by atoms with Crippen LogP contribution in [0, 0.1) is 0 Å². The van der Waals surface area contributed by atoms with Gasteiger partial charge in [-0.2, -0.15) is 8.78 Å². The topological polar surface area (TPSA) is 50.4 Å². The van der Waals surface area contributed by atoms with E-state index in [0.717, 1.165) is 5.56 Å². The van der Waals surface area contributed by atoms with E-state index < -0.39 is 12.7 Å². The Morgan fingerprint density at radius 3 is 2.60 bits per heavy atom. The third-order valence-corrected chi connectivity index (χ3v) is 4.39. The van der Waals surface area contributed by atoms with Crippen molar-refractivity contribution in [3.63, 3.8) is 0 Å². The lowest BCUT2D eigenvalue weighted by molar-refractivity contribution is -0.0499. The van der Waals surface area contributed by atoms with Gasteiger partial charge in [0, 0.05) is 11.1 Å². The Morgan fingerprint density at radius 1 is 1.08 bits per heavy atom. The summed E-state index contributed by atoms with van der Waals surface area (Å²) in [6.45, 7) is -2.91. The molecule has 0 fully saturated rings. The van der Waals surface area contributed by atoms with Gasteiger partial charge in [0.15, 0.2) is 10.9 Å². The molecule has 4 nitrogen and oxygen atoms in total. The van der Waals surface area contributed by atoms with Gasteiger partial charge in [-0.25, -0.2) is 0 Å². The van der Waals surface area contributed by atoms with Crippen LogP contribution in [-0.4, -0.2) is 17.5 Å². The van der Waals surface area contributed by atoms with Gasteiger partial charge in [-0.05, 0) is 29.9 Å². The van der Waals surface area contributed by atoms with Gasteiger partial charge in [0.2, 0.25) is 0 Å². The predicted octanol–water partition coefficient (Wildman–Crippen LogP) is 3.41. The van der Waals surface area contributed by atoms with Crippen LogP contribution >= 0.6 is 12.2 Å². The zero-order valence-electron chi connectivity index (χ0n) is 12.8. The Morgan fingerprint density at radius 2 is 1.84 bits per heavy atom. The summed E-state index contributed by atoms with van der Waals surface area (Å²) in [6.07, 6.45) is 0. The van der Waals surface area contributed by atoms with Crippen molar-refractivity contribution in [2.75, 3.05) is 0 Å². The predicted molar refractivity (Wildman–Crippen MR) is 92.4 cm³/mol. The zero-order chi connectivity index (χ0) is 17.6. The monoisotopic (exact) mass is 358 g/mol. The number of alkyl halides is 2. The largest absolute Gasteiger partial charge is 0.435 e. The summed E-state index contributed by atoms with van der Waals surface area (Å²) in [6, 6.07) is 13.0. The third-order valence-electron chi connectivity index (χ3n) is 4.17. The minimum Gasteiger partial charge on any atom is -0.435 e. The average molecular weight is 358 g/mol. The molecule has 0 saturated heterocycles. The second-order valence-electron chi connectivity index (χ2n) is 5.65. The first-order valence-electron chi connectivity index (χ1n) is 7.55. The van der Waals surface area contributed by atoms with Gasteiger partial charge in [-0.1, -0.05) is 36.4 Å². The summed E-state index contributed by atoms with van der Waals surface area (Å²) in [7, 11) is 0. The molecule has 7 heteroatoms. The molecule has 126 valence electrons. The summed E-state index contributed by atoms with van der Waals surface area (Å²) in [5.74, 6) is -0.0813. The Labute approximate surface area is 147 Å². The fourth-order valence-corrected chi connectivity index (χ4v) is 3.41. The van der Waals surface area contributed by atoms with Crippen LogP contribution in [0.5, 0.6) is 5.75 Å². The lowest BCUT2D eigenvalue weighted by Crippen LogP contribution is -2.43. The molecule has 2 aromatic carbocycles. The molecule has 1 heterocycles. The van der Waals surface area contributed by atoms with Crippen LogP contribution in [-0.2, 0) is 0 Å². The highest BCUT2D eigenvalue weighted by Gasteiger charge is 2.38. The van der Waals surface area contributed by atoms with Gasteiger partial charge in [-0.15, -0.1) is 0 Å². The molecule has 1 unspecified atom stereocenters. The summed E-state index contributed by atoms with van der Waals surface area (Å²) in [4.78, 5) is 12.9. The Bertz CT molecular complexity index is 927. The van der Waals surface area contributed by atoms with Crippen molar-refractivity contribution < 1.29 is 18.3 Å². The number of hydrogen-bond donors (Lipinski definition) is 2. The molecule has 2 aliphatic rings. The van der Waals surface area contributed by atoms with Crippen molar-refractivity contribution in [2.24, 2.45) is 0 Å². The fourth-order valence-electron chi connectivity index (χ4n) is 3.19. The molecule has 0 radical (unpaired) electrons. The zero-order valence-corrected chi connectivity index (χ0v) is 13.6. The molecule has 25 heavy (non-hydrogen) atoms. The third kappa shape index (κ3) is 2.66. The van der Waals surface area contributed by atoms with Gasteiger partial charge < -0.3 is 15.4 Å². The van der Waals surface area contributed by atoms with E-state index in [9.17, 15) is 13.6 Å². The highest BCUT2D eigenvalue weighted by molar-refractivity contribution is 7.80. The van der Waals surface area contributed by atoms with E-state index in [1.165, 1.54) is 12.1 Å². The number of rotatable bonds is 3. The molecule has 0 aromatic heterocycles. The number of hydrogen-bond acceptors (Lipinski definition) is 3. The highest BCUT2D eigenvalue weighted by Crippen LogP contribution is 2.40. The van der Waals surface area contributed by atoms with E-state index in [2.05, 4.69) is 15.4 Å². The van der Waals surface area contributed by atoms with Crippen LogP contribution in [0.4, 0.5) is 8.78 Å². The molecule has 0 amide bonds. The van der Waals surface area contributed by atoms with E-state index in [-0.39, 0.29) is 11.5 Å². The first-order chi connectivity index (χ1) is 12.0. The highest BCUT2D eigenvalue weighted by atomic mass is 32.1. The van der Waals surface area contributed by atoms with Crippen molar-refractivity contribution in [1.82, 2.24) is 10.6 Å². The van der Waals surface area contributed by atoms with Gasteiger partial charge in [0.05, 0.1) is 17.3 Å². The normalized spacial score (nSPS) is 18.6. The smallest absolute Gasteiger partial charge is 0.387 e. The average Bonchev–Trinajstić information content (AvgIpc) is 2.87. The first kappa shape index (κ1) is 15.7. The van der Waals surface area contributed by atoms with Gasteiger partial charge in [-0.3, -0.25) is 4.79 Å². The molecule has 1 aliphatic carbocycles. The van der Waals surface area contributed by atoms with Crippen molar-refractivity contribution in [2.45, 2.75) is 12.7 Å². The van der Waals surface area contributed by atoms with Crippen LogP contribution in [0.3, 0.4) is 0 Å². The van der Waals surface area contributed by atoms with Crippen LogP contribution < -0.4 is 15.4 Å². The summed E-state index contributed by atoms with van der Waals surface area (Å²) in [5.41, 5.74) is 3.18. The number of halogens is 2. The maximum atomic E-state index is 12.9. The molecular formula is C18H12F2N2O2S. The fraction of sp³-hybridized carbons (Fsp3) is 0.111. The summed E-state index contributed by atoms with van der Waals surface area (Å²) >= 11 is 5.26. The minimum atomic E-state index is -2.91. The molecule has 1 atom stereocenters. The standard InChI is InChI=1S/C18H12F2N2O2S/c19-17(20)24-10-5-3-4-9(8-10)14-13-15(22-18(25)21-14)11-6-1-2-7-12(11)16(13)23/h1-8,14,17H,(H2,21,22,25). The maximum absolute atomic E-state index is 12.9. The lowest BCUT2D eigenvalue weighted by Gasteiger charge is -2.28. The Balaban J connectivity index is 1.80. The number of ketones is 1. The molecule has 1 aliphatic heterocycles. The van der Waals surface area contributed by atoms with Crippen LogP contribution in [0.1, 0.15) is 27.5 Å². The summed E-state index contributed by atoms with van der Waals surface area (Å²) < 4.78 is 29.4. The lowest BCUT2D eigenvalue weighted by atomic mass is 9.94.